The molecular weight excluding hydrogens is 418 g/mol. The molecule has 2 amide bonds. The lowest BCUT2D eigenvalue weighted by atomic mass is 10.1. The van der Waals surface area contributed by atoms with E-state index in [1.54, 1.807) is 17.9 Å². The lowest BCUT2D eigenvalue weighted by molar-refractivity contribution is -0.131. The van der Waals surface area contributed by atoms with Gasteiger partial charge < -0.3 is 15.0 Å². The average molecular weight is 444 g/mol. The number of anilines is 1. The number of hydrogen-bond donors (Lipinski definition) is 1. The van der Waals surface area contributed by atoms with Crippen molar-refractivity contribution in [1.29, 1.82) is 0 Å². The van der Waals surface area contributed by atoms with Crippen molar-refractivity contribution in [3.63, 3.8) is 0 Å². The monoisotopic (exact) mass is 443 g/mol. The van der Waals surface area contributed by atoms with Crippen molar-refractivity contribution in [2.24, 2.45) is 0 Å². The zero-order chi connectivity index (χ0) is 22.2. The molecule has 0 saturated carbocycles. The molecule has 2 aromatic rings. The highest BCUT2D eigenvalue weighted by atomic mass is 32.2. The number of amides is 2. The molecule has 4 rings (SSSR count). The molecule has 1 atom stereocenters. The van der Waals surface area contributed by atoms with E-state index in [-0.39, 0.29) is 29.8 Å². The molecule has 0 aliphatic carbocycles. The fourth-order valence-corrected chi connectivity index (χ4v) is 5.12. The number of aryl methyl sites for hydroxylation is 1. The van der Waals surface area contributed by atoms with Crippen molar-refractivity contribution in [3.05, 3.63) is 53.6 Å². The van der Waals surface area contributed by atoms with Gasteiger partial charge in [-0.1, -0.05) is 29.8 Å². The standard InChI is InChI=1S/C22H25N3O5S/c1-15-3-5-17(6-4-15)13-21(26)24-9-11-25(12-10-24)31(28,29)18-7-8-20-19(14-18)23-22(27)16(2)30-20/h3-8,14,16H,9-13H2,1-2H3,(H,23,27)/t16-/m0/s1. The highest BCUT2D eigenvalue weighted by Crippen LogP contribution is 2.33. The molecular formula is C22H25N3O5S. The summed E-state index contributed by atoms with van der Waals surface area (Å²) < 4.78 is 33.0. The van der Waals surface area contributed by atoms with Crippen molar-refractivity contribution in [2.75, 3.05) is 31.5 Å². The second kappa shape index (κ2) is 8.32. The Hall–Kier alpha value is -2.91. The predicted octanol–water partition coefficient (Wildman–Crippen LogP) is 1.79. The number of sulfonamides is 1. The maximum Gasteiger partial charge on any atom is 0.265 e. The second-order valence-electron chi connectivity index (χ2n) is 7.85. The van der Waals surface area contributed by atoms with Crippen LogP contribution in [0.15, 0.2) is 47.4 Å². The molecule has 1 N–H and O–H groups in total. The number of nitrogens with one attached hydrogen (secondary N) is 1. The molecule has 0 spiro atoms. The molecule has 2 aromatic carbocycles. The van der Waals surface area contributed by atoms with Crippen molar-refractivity contribution < 1.29 is 22.7 Å². The molecule has 8 nitrogen and oxygen atoms in total. The Kier molecular flexibility index (Phi) is 5.72. The zero-order valence-electron chi connectivity index (χ0n) is 17.5. The van der Waals surface area contributed by atoms with E-state index in [1.807, 2.05) is 31.2 Å². The largest absolute Gasteiger partial charge is 0.479 e. The van der Waals surface area contributed by atoms with E-state index in [0.29, 0.717) is 30.9 Å². The Morgan fingerprint density at radius 1 is 1.10 bits per heavy atom. The van der Waals surface area contributed by atoms with Gasteiger partial charge in [0, 0.05) is 26.2 Å². The molecule has 31 heavy (non-hydrogen) atoms. The lowest BCUT2D eigenvalue weighted by Gasteiger charge is -2.34. The van der Waals surface area contributed by atoms with Crippen molar-refractivity contribution in [1.82, 2.24) is 9.21 Å². The number of carbonyl (C=O) groups is 2. The Balaban J connectivity index is 1.41. The summed E-state index contributed by atoms with van der Waals surface area (Å²) in [5.74, 6) is 0.115. The van der Waals surface area contributed by atoms with E-state index in [2.05, 4.69) is 5.32 Å². The van der Waals surface area contributed by atoms with Crippen LogP contribution in [0.3, 0.4) is 0 Å². The Morgan fingerprint density at radius 2 is 1.77 bits per heavy atom. The number of piperazine rings is 1. The van der Waals surface area contributed by atoms with Gasteiger partial charge in [0.2, 0.25) is 15.9 Å². The van der Waals surface area contributed by atoms with Crippen molar-refractivity contribution >= 4 is 27.5 Å². The van der Waals surface area contributed by atoms with Gasteiger partial charge in [0.15, 0.2) is 6.10 Å². The summed E-state index contributed by atoms with van der Waals surface area (Å²) in [7, 11) is -3.75. The van der Waals surface area contributed by atoms with Crippen LogP contribution in [0.4, 0.5) is 5.69 Å². The molecule has 1 fully saturated rings. The lowest BCUT2D eigenvalue weighted by Crippen LogP contribution is -2.50. The first-order valence-corrected chi connectivity index (χ1v) is 11.6. The summed E-state index contributed by atoms with van der Waals surface area (Å²) in [6, 6.07) is 12.3. The van der Waals surface area contributed by atoms with E-state index < -0.39 is 16.1 Å². The maximum absolute atomic E-state index is 13.1. The van der Waals surface area contributed by atoms with Crippen LogP contribution in [0, 0.1) is 6.92 Å². The quantitative estimate of drug-likeness (QED) is 0.777. The maximum atomic E-state index is 13.1. The second-order valence-corrected chi connectivity index (χ2v) is 9.79. The number of ether oxygens (including phenoxy) is 1. The first-order valence-electron chi connectivity index (χ1n) is 10.2. The summed E-state index contributed by atoms with van der Waals surface area (Å²) in [5.41, 5.74) is 2.42. The van der Waals surface area contributed by atoms with Crippen LogP contribution in [0.2, 0.25) is 0 Å². The molecule has 0 unspecified atom stereocenters. The van der Waals surface area contributed by atoms with E-state index in [9.17, 15) is 18.0 Å². The highest BCUT2D eigenvalue weighted by Gasteiger charge is 2.32. The highest BCUT2D eigenvalue weighted by molar-refractivity contribution is 7.89. The van der Waals surface area contributed by atoms with Crippen LogP contribution in [-0.2, 0) is 26.0 Å². The van der Waals surface area contributed by atoms with Crippen LogP contribution in [0.5, 0.6) is 5.75 Å². The SMILES string of the molecule is Cc1ccc(CC(=O)N2CCN(S(=O)(=O)c3ccc4c(c3)NC(=O)[C@H](C)O4)CC2)cc1. The Labute approximate surface area is 181 Å². The van der Waals surface area contributed by atoms with Gasteiger partial charge in [-0.3, -0.25) is 9.59 Å². The first-order chi connectivity index (χ1) is 14.7. The normalized spacial score (nSPS) is 19.4. The van der Waals surface area contributed by atoms with E-state index in [0.717, 1.165) is 11.1 Å². The van der Waals surface area contributed by atoms with Gasteiger partial charge in [-0.25, -0.2) is 8.42 Å². The zero-order valence-corrected chi connectivity index (χ0v) is 18.3. The average Bonchev–Trinajstić information content (AvgIpc) is 2.76. The minimum atomic E-state index is -3.75. The molecule has 2 aliphatic rings. The van der Waals surface area contributed by atoms with Gasteiger partial charge in [-0.05, 0) is 37.6 Å². The third-order valence-corrected chi connectivity index (χ3v) is 7.48. The van der Waals surface area contributed by atoms with Gasteiger partial charge >= 0.3 is 0 Å². The van der Waals surface area contributed by atoms with Gasteiger partial charge in [0.1, 0.15) is 5.75 Å². The summed E-state index contributed by atoms with van der Waals surface area (Å²) in [6.45, 7) is 4.74. The van der Waals surface area contributed by atoms with E-state index in [1.165, 1.54) is 16.4 Å². The van der Waals surface area contributed by atoms with Crippen LogP contribution < -0.4 is 10.1 Å². The molecule has 0 bridgehead atoms. The van der Waals surface area contributed by atoms with Gasteiger partial charge in [0.05, 0.1) is 17.0 Å². The topological polar surface area (TPSA) is 96.0 Å². The van der Waals surface area contributed by atoms with Crippen LogP contribution in [0.1, 0.15) is 18.1 Å². The molecule has 2 heterocycles. The predicted molar refractivity (Wildman–Crippen MR) is 115 cm³/mol. The first kappa shape index (κ1) is 21.3. The molecule has 2 aliphatic heterocycles. The van der Waals surface area contributed by atoms with E-state index >= 15 is 0 Å². The minimum absolute atomic E-state index is 0.0105. The summed E-state index contributed by atoms with van der Waals surface area (Å²) >= 11 is 0. The Morgan fingerprint density at radius 3 is 2.45 bits per heavy atom. The van der Waals surface area contributed by atoms with Gasteiger partial charge in [-0.2, -0.15) is 4.31 Å². The summed E-state index contributed by atoms with van der Waals surface area (Å²) in [5, 5.41) is 2.67. The number of hydrogen-bond acceptors (Lipinski definition) is 5. The summed E-state index contributed by atoms with van der Waals surface area (Å²) in [4.78, 5) is 26.2. The smallest absolute Gasteiger partial charge is 0.265 e. The fraction of sp³-hybridized carbons (Fsp3) is 0.364. The number of rotatable bonds is 4. The van der Waals surface area contributed by atoms with Crippen LogP contribution in [-0.4, -0.2) is 61.7 Å². The molecule has 9 heteroatoms. The third-order valence-electron chi connectivity index (χ3n) is 5.59. The van der Waals surface area contributed by atoms with Gasteiger partial charge in [-0.15, -0.1) is 0 Å². The number of carbonyl (C=O) groups excluding carboxylic acids is 2. The number of fused-ring (bicyclic) bond motifs is 1. The molecule has 1 saturated heterocycles. The number of nitrogens with zero attached hydrogens (tertiary/aromatic N) is 2. The Bertz CT molecular complexity index is 1110. The minimum Gasteiger partial charge on any atom is -0.479 e. The number of benzene rings is 2. The van der Waals surface area contributed by atoms with Crippen molar-refractivity contribution in [2.45, 2.75) is 31.3 Å². The fourth-order valence-electron chi connectivity index (χ4n) is 3.67. The van der Waals surface area contributed by atoms with Crippen LogP contribution in [0.25, 0.3) is 0 Å². The van der Waals surface area contributed by atoms with Gasteiger partial charge in [0.25, 0.3) is 5.91 Å². The van der Waals surface area contributed by atoms with E-state index in [4.69, 9.17) is 4.74 Å². The summed E-state index contributed by atoms with van der Waals surface area (Å²) in [6.07, 6.45) is -0.323. The van der Waals surface area contributed by atoms with Crippen molar-refractivity contribution in [3.8, 4) is 5.75 Å². The molecule has 0 radical (unpaired) electrons. The third kappa shape index (κ3) is 4.42. The molecule has 0 aromatic heterocycles. The van der Waals surface area contributed by atoms with Crippen LogP contribution >= 0.6 is 0 Å². The molecule has 164 valence electrons.